The highest BCUT2D eigenvalue weighted by molar-refractivity contribution is 5.95. The number of nitrogens with zero attached hydrogens (tertiary/aromatic N) is 1. The number of nitrogens with one attached hydrogen (secondary N) is 2. The van der Waals surface area contributed by atoms with Crippen molar-refractivity contribution in [3.8, 4) is 5.75 Å². The van der Waals surface area contributed by atoms with Crippen LogP contribution in [0.25, 0.3) is 0 Å². The van der Waals surface area contributed by atoms with E-state index in [4.69, 9.17) is 10.5 Å². The molecular formula is C29H38N4O6. The van der Waals surface area contributed by atoms with Crippen LogP contribution in [-0.2, 0) is 25.7 Å². The highest BCUT2D eigenvalue weighted by Crippen LogP contribution is 2.43. The van der Waals surface area contributed by atoms with Gasteiger partial charge in [-0.2, -0.15) is 0 Å². The first-order valence-electron chi connectivity index (χ1n) is 13.0. The van der Waals surface area contributed by atoms with Gasteiger partial charge in [0, 0.05) is 18.2 Å². The Bertz CT molecular complexity index is 1210. The zero-order chi connectivity index (χ0) is 28.9. The minimum atomic E-state index is -1.37. The van der Waals surface area contributed by atoms with Gasteiger partial charge in [0.25, 0.3) is 0 Å². The second-order valence-electron chi connectivity index (χ2n) is 11.0. The number of carbonyl (C=O) groups is 4. The molecule has 10 heteroatoms. The maximum atomic E-state index is 14.1. The second-order valence-corrected chi connectivity index (χ2v) is 11.0. The molecule has 0 aromatic heterocycles. The van der Waals surface area contributed by atoms with E-state index < -0.39 is 47.9 Å². The summed E-state index contributed by atoms with van der Waals surface area (Å²) in [5.74, 6) is -2.05. The summed E-state index contributed by atoms with van der Waals surface area (Å²) in [5, 5.41) is 16.3. The molecule has 1 fully saturated rings. The molecule has 0 saturated heterocycles. The number of phenolic OH excluding ortho intramolecular Hbond substituents is 1. The topological polar surface area (TPSA) is 151 Å². The van der Waals surface area contributed by atoms with Gasteiger partial charge in [-0.25, -0.2) is 4.79 Å². The summed E-state index contributed by atoms with van der Waals surface area (Å²) in [6.07, 6.45) is -0.779. The van der Waals surface area contributed by atoms with E-state index in [2.05, 4.69) is 10.6 Å². The van der Waals surface area contributed by atoms with Gasteiger partial charge in [0.2, 0.25) is 17.7 Å². The molecular weight excluding hydrogens is 500 g/mol. The van der Waals surface area contributed by atoms with Gasteiger partial charge in [-0.15, -0.1) is 0 Å². The Morgan fingerprint density at radius 2 is 1.74 bits per heavy atom. The molecule has 1 saturated carbocycles. The number of rotatable bonds is 10. The average molecular weight is 539 g/mol. The molecule has 39 heavy (non-hydrogen) atoms. The van der Waals surface area contributed by atoms with E-state index in [1.807, 2.05) is 37.3 Å². The van der Waals surface area contributed by atoms with Gasteiger partial charge in [-0.05, 0) is 51.2 Å². The molecule has 3 rings (SSSR count). The number of carbonyl (C=O) groups excluding carboxylic acids is 4. The lowest BCUT2D eigenvalue weighted by atomic mass is 9.98. The number of hydrogen-bond donors (Lipinski definition) is 4. The summed E-state index contributed by atoms with van der Waals surface area (Å²) < 4.78 is 5.30. The zero-order valence-electron chi connectivity index (χ0n) is 23.1. The second kappa shape index (κ2) is 12.2. The fourth-order valence-corrected chi connectivity index (χ4v) is 4.40. The third kappa shape index (κ3) is 7.95. The Hall–Kier alpha value is -4.08. The van der Waals surface area contributed by atoms with E-state index in [0.29, 0.717) is 12.0 Å². The van der Waals surface area contributed by atoms with Gasteiger partial charge in [-0.3, -0.25) is 14.4 Å². The maximum absolute atomic E-state index is 14.1. The first-order valence-corrected chi connectivity index (χ1v) is 13.0. The van der Waals surface area contributed by atoms with Crippen LogP contribution in [0.2, 0.25) is 0 Å². The van der Waals surface area contributed by atoms with Crippen LogP contribution in [0.15, 0.2) is 48.5 Å². The molecule has 0 radical (unpaired) electrons. The lowest BCUT2D eigenvalue weighted by Gasteiger charge is -2.35. The van der Waals surface area contributed by atoms with E-state index in [-0.39, 0.29) is 29.8 Å². The number of hydrogen-bond acceptors (Lipinski definition) is 6. The Labute approximate surface area is 228 Å². The highest BCUT2D eigenvalue weighted by Gasteiger charge is 2.49. The van der Waals surface area contributed by atoms with Crippen molar-refractivity contribution in [2.75, 3.05) is 0 Å². The molecule has 4 amide bonds. The van der Waals surface area contributed by atoms with Crippen LogP contribution >= 0.6 is 0 Å². The summed E-state index contributed by atoms with van der Waals surface area (Å²) in [7, 11) is 0. The predicted molar refractivity (Wildman–Crippen MR) is 145 cm³/mol. The van der Waals surface area contributed by atoms with E-state index in [9.17, 15) is 24.3 Å². The summed E-state index contributed by atoms with van der Waals surface area (Å²) in [6.45, 7) is 8.84. The fraction of sp³-hybridized carbons (Fsp3) is 0.448. The number of benzene rings is 2. The summed E-state index contributed by atoms with van der Waals surface area (Å²) in [4.78, 5) is 53.8. The standard InChI is InChI=1S/C29H38N4O6/c1-17-10-9-13-20(25(17)35)24(26(36)31-16-19-11-7-6-8-12-19)33(22-14-18(22)2)27(37)21(15-23(30)34)32-28(38)39-29(3,4)5/h6-13,18,21-22,24,35H,14-16H2,1-5H3,(H2,30,34)(H,31,36)(H,32,38). The Kier molecular flexibility index (Phi) is 9.21. The first kappa shape index (κ1) is 29.5. The molecule has 5 N–H and O–H groups in total. The third-order valence-electron chi connectivity index (χ3n) is 6.47. The van der Waals surface area contributed by atoms with Crippen molar-refractivity contribution in [3.05, 3.63) is 65.2 Å². The number of phenols is 1. The van der Waals surface area contributed by atoms with Crippen LogP contribution in [0.1, 0.15) is 63.3 Å². The van der Waals surface area contributed by atoms with Crippen LogP contribution in [-0.4, -0.2) is 51.5 Å². The number of aromatic hydroxyl groups is 1. The molecule has 210 valence electrons. The quantitative estimate of drug-likeness (QED) is 0.365. The molecule has 0 heterocycles. The van der Waals surface area contributed by atoms with Crippen molar-refractivity contribution in [3.63, 3.8) is 0 Å². The predicted octanol–water partition coefficient (Wildman–Crippen LogP) is 3.06. The highest BCUT2D eigenvalue weighted by atomic mass is 16.6. The molecule has 0 spiro atoms. The van der Waals surface area contributed by atoms with Crippen LogP contribution < -0.4 is 16.4 Å². The van der Waals surface area contributed by atoms with Crippen molar-refractivity contribution in [2.45, 2.75) is 77.7 Å². The molecule has 1 aliphatic carbocycles. The summed E-state index contributed by atoms with van der Waals surface area (Å²) in [5.41, 5.74) is 6.22. The molecule has 4 unspecified atom stereocenters. The van der Waals surface area contributed by atoms with Gasteiger partial charge in [0.1, 0.15) is 23.4 Å². The van der Waals surface area contributed by atoms with Crippen LogP contribution in [0.4, 0.5) is 4.79 Å². The normalized spacial score (nSPS) is 17.9. The van der Waals surface area contributed by atoms with Crippen molar-refractivity contribution in [1.82, 2.24) is 15.5 Å². The van der Waals surface area contributed by atoms with E-state index in [1.165, 1.54) is 4.90 Å². The van der Waals surface area contributed by atoms with E-state index >= 15 is 0 Å². The number of aryl methyl sites for hydroxylation is 1. The lowest BCUT2D eigenvalue weighted by Crippen LogP contribution is -2.55. The van der Waals surface area contributed by atoms with Crippen molar-refractivity contribution in [1.29, 1.82) is 0 Å². The number of ether oxygens (including phenoxy) is 1. The SMILES string of the molecule is Cc1cccc(C(C(=O)NCc2ccccc2)N(C(=O)C(CC(N)=O)NC(=O)OC(C)(C)C)C2CC2C)c1O. The van der Waals surface area contributed by atoms with Crippen LogP contribution in [0, 0.1) is 12.8 Å². The van der Waals surface area contributed by atoms with Gasteiger partial charge in [0.15, 0.2) is 0 Å². The largest absolute Gasteiger partial charge is 0.507 e. The summed E-state index contributed by atoms with van der Waals surface area (Å²) >= 11 is 0. The lowest BCUT2D eigenvalue weighted by molar-refractivity contribution is -0.144. The van der Waals surface area contributed by atoms with E-state index in [1.54, 1.807) is 45.9 Å². The fourth-order valence-electron chi connectivity index (χ4n) is 4.40. The molecule has 2 aromatic carbocycles. The smallest absolute Gasteiger partial charge is 0.408 e. The van der Waals surface area contributed by atoms with Gasteiger partial charge < -0.3 is 31.1 Å². The van der Waals surface area contributed by atoms with Gasteiger partial charge in [-0.1, -0.05) is 55.5 Å². The average Bonchev–Trinajstić information content (AvgIpc) is 3.57. The van der Waals surface area contributed by atoms with Crippen LogP contribution in [0.3, 0.4) is 0 Å². The van der Waals surface area contributed by atoms with E-state index in [0.717, 1.165) is 5.56 Å². The number of para-hydroxylation sites is 1. The molecule has 2 aromatic rings. The first-order chi connectivity index (χ1) is 18.3. The number of nitrogens with two attached hydrogens (primary N) is 1. The molecule has 0 aliphatic heterocycles. The number of amides is 4. The van der Waals surface area contributed by atoms with Gasteiger partial charge in [0.05, 0.1) is 6.42 Å². The Balaban J connectivity index is 2.02. The molecule has 10 nitrogen and oxygen atoms in total. The third-order valence-corrected chi connectivity index (χ3v) is 6.47. The zero-order valence-corrected chi connectivity index (χ0v) is 23.1. The number of alkyl carbamates (subject to hydrolysis) is 1. The Morgan fingerprint density at radius 3 is 2.31 bits per heavy atom. The molecule has 4 atom stereocenters. The number of primary amides is 1. The minimum Gasteiger partial charge on any atom is -0.507 e. The Morgan fingerprint density at radius 1 is 1.10 bits per heavy atom. The van der Waals surface area contributed by atoms with Crippen molar-refractivity contribution >= 4 is 23.8 Å². The van der Waals surface area contributed by atoms with Gasteiger partial charge >= 0.3 is 6.09 Å². The monoisotopic (exact) mass is 538 g/mol. The molecule has 0 bridgehead atoms. The minimum absolute atomic E-state index is 0.0566. The van der Waals surface area contributed by atoms with Crippen molar-refractivity contribution in [2.24, 2.45) is 11.7 Å². The van der Waals surface area contributed by atoms with Crippen LogP contribution in [0.5, 0.6) is 5.75 Å². The van der Waals surface area contributed by atoms with Crippen molar-refractivity contribution < 1.29 is 29.0 Å². The maximum Gasteiger partial charge on any atom is 0.408 e. The molecule has 1 aliphatic rings. The summed E-state index contributed by atoms with van der Waals surface area (Å²) in [6, 6.07) is 11.3.